The number of ether oxygens (including phenoxy) is 1. The van der Waals surface area contributed by atoms with Crippen molar-refractivity contribution in [3.05, 3.63) is 71.8 Å². The molecule has 0 saturated carbocycles. The van der Waals surface area contributed by atoms with E-state index < -0.39 is 23.6 Å². The number of halogens is 4. The minimum atomic E-state index is -5.02. The van der Waals surface area contributed by atoms with E-state index in [1.54, 1.807) is 47.6 Å². The van der Waals surface area contributed by atoms with Crippen LogP contribution in [0.25, 0.3) is 27.8 Å². The molecule has 2 aromatic carbocycles. The Hall–Kier alpha value is -3.59. The van der Waals surface area contributed by atoms with E-state index in [2.05, 4.69) is 14.7 Å². The Morgan fingerprint density at radius 3 is 2.60 bits per heavy atom. The molecular formula is C20H11ClF3N3O3. The normalized spacial score (nSPS) is 11.6. The quantitative estimate of drug-likeness (QED) is 0.470. The van der Waals surface area contributed by atoms with Gasteiger partial charge in [-0.2, -0.15) is 0 Å². The molecule has 152 valence electrons. The van der Waals surface area contributed by atoms with Crippen molar-refractivity contribution in [1.29, 1.82) is 0 Å². The number of aromatic carboxylic acids is 1. The van der Waals surface area contributed by atoms with Gasteiger partial charge in [0.15, 0.2) is 0 Å². The first-order chi connectivity index (χ1) is 14.2. The third kappa shape index (κ3) is 3.92. The second-order valence-electron chi connectivity index (χ2n) is 6.22. The van der Waals surface area contributed by atoms with Crippen LogP contribution in [0.3, 0.4) is 0 Å². The van der Waals surface area contributed by atoms with Crippen LogP contribution in [0, 0.1) is 0 Å². The highest BCUT2D eigenvalue weighted by molar-refractivity contribution is 6.31. The van der Waals surface area contributed by atoms with E-state index in [1.807, 2.05) is 0 Å². The van der Waals surface area contributed by atoms with Crippen molar-refractivity contribution in [1.82, 2.24) is 14.5 Å². The van der Waals surface area contributed by atoms with Gasteiger partial charge < -0.3 is 14.4 Å². The maximum Gasteiger partial charge on any atom is 0.573 e. The van der Waals surface area contributed by atoms with Crippen LogP contribution < -0.4 is 4.74 Å². The number of carboxylic acid groups (broad SMARTS) is 1. The number of carbonyl (C=O) groups is 1. The Kier molecular flexibility index (Phi) is 4.83. The van der Waals surface area contributed by atoms with Gasteiger partial charge >= 0.3 is 12.3 Å². The third-order valence-corrected chi connectivity index (χ3v) is 4.50. The molecule has 0 unspecified atom stereocenters. The predicted molar refractivity (Wildman–Crippen MR) is 103 cm³/mol. The fourth-order valence-electron chi connectivity index (χ4n) is 3.02. The summed E-state index contributed by atoms with van der Waals surface area (Å²) in [5, 5.41) is 10.6. The molecule has 0 amide bonds. The summed E-state index contributed by atoms with van der Waals surface area (Å²) in [5.74, 6) is -2.37. The number of carboxylic acids is 1. The van der Waals surface area contributed by atoms with Gasteiger partial charge in [0.25, 0.3) is 0 Å². The van der Waals surface area contributed by atoms with Gasteiger partial charge in [-0.05, 0) is 42.5 Å². The molecule has 10 heteroatoms. The fraction of sp³-hybridized carbons (Fsp3) is 0.0500. The van der Waals surface area contributed by atoms with Crippen molar-refractivity contribution in [3.63, 3.8) is 0 Å². The Balaban J connectivity index is 1.91. The lowest BCUT2D eigenvalue weighted by Gasteiger charge is -2.14. The molecule has 4 rings (SSSR count). The highest BCUT2D eigenvalue weighted by Gasteiger charge is 2.33. The first-order valence-electron chi connectivity index (χ1n) is 8.43. The van der Waals surface area contributed by atoms with E-state index in [-0.39, 0.29) is 0 Å². The zero-order valence-corrected chi connectivity index (χ0v) is 15.6. The number of fused-ring (bicyclic) bond motifs is 1. The smallest absolute Gasteiger partial charge is 0.478 e. The van der Waals surface area contributed by atoms with Gasteiger partial charge in [0, 0.05) is 28.4 Å². The summed E-state index contributed by atoms with van der Waals surface area (Å²) >= 11 is 6.08. The van der Waals surface area contributed by atoms with E-state index in [1.165, 1.54) is 6.07 Å². The summed E-state index contributed by atoms with van der Waals surface area (Å²) in [5.41, 5.74) is 1.22. The van der Waals surface area contributed by atoms with Crippen molar-refractivity contribution >= 4 is 28.5 Å². The molecule has 2 heterocycles. The van der Waals surface area contributed by atoms with E-state index in [0.29, 0.717) is 27.5 Å². The van der Waals surface area contributed by atoms with Crippen LogP contribution in [0.5, 0.6) is 5.75 Å². The molecule has 1 N–H and O–H groups in total. The molecule has 6 nitrogen and oxygen atoms in total. The highest BCUT2D eigenvalue weighted by Crippen LogP contribution is 2.33. The molecule has 0 aliphatic heterocycles. The van der Waals surface area contributed by atoms with Crippen LogP contribution >= 0.6 is 11.6 Å². The molecule has 30 heavy (non-hydrogen) atoms. The van der Waals surface area contributed by atoms with Gasteiger partial charge in [-0.1, -0.05) is 11.6 Å². The number of imidazole rings is 1. The van der Waals surface area contributed by atoms with Crippen LogP contribution in [-0.4, -0.2) is 32.0 Å². The lowest BCUT2D eigenvalue weighted by molar-refractivity contribution is -0.274. The van der Waals surface area contributed by atoms with Gasteiger partial charge in [-0.15, -0.1) is 13.2 Å². The Labute approximate surface area is 172 Å². The van der Waals surface area contributed by atoms with Crippen molar-refractivity contribution in [2.24, 2.45) is 0 Å². The maximum absolute atomic E-state index is 12.6. The lowest BCUT2D eigenvalue weighted by atomic mass is 10.0. The summed E-state index contributed by atoms with van der Waals surface area (Å²) in [6, 6.07) is 10.2. The summed E-state index contributed by atoms with van der Waals surface area (Å²) in [7, 11) is 0. The fourth-order valence-corrected chi connectivity index (χ4v) is 3.18. The predicted octanol–water partition coefficient (Wildman–Crippen LogP) is 5.34. The van der Waals surface area contributed by atoms with Crippen molar-refractivity contribution in [3.8, 4) is 22.7 Å². The van der Waals surface area contributed by atoms with Gasteiger partial charge in [-0.3, -0.25) is 0 Å². The number of rotatable bonds is 4. The second-order valence-corrected chi connectivity index (χ2v) is 6.66. The minimum absolute atomic E-state index is 0.296. The van der Waals surface area contributed by atoms with E-state index in [9.17, 15) is 23.1 Å². The van der Waals surface area contributed by atoms with Crippen molar-refractivity contribution in [2.45, 2.75) is 6.36 Å². The standard InChI is InChI=1S/C20H11ClF3N3O3/c21-12-2-3-13-16(8-12)26-15(9-17(13)27-6-5-25-10-27)11-1-4-18(30-20(22,23)24)14(7-11)19(28)29/h1-10H,(H,28,29). The molecule has 0 aliphatic rings. The van der Waals surface area contributed by atoms with E-state index in [0.717, 1.165) is 17.5 Å². The van der Waals surface area contributed by atoms with E-state index in [4.69, 9.17) is 11.6 Å². The average Bonchev–Trinajstić information content (AvgIpc) is 3.20. The number of benzene rings is 2. The van der Waals surface area contributed by atoms with Crippen LogP contribution in [0.2, 0.25) is 5.02 Å². The molecule has 0 saturated heterocycles. The maximum atomic E-state index is 12.6. The molecule has 0 atom stereocenters. The number of hydrogen-bond donors (Lipinski definition) is 1. The van der Waals surface area contributed by atoms with E-state index >= 15 is 0 Å². The minimum Gasteiger partial charge on any atom is -0.478 e. The monoisotopic (exact) mass is 433 g/mol. The van der Waals surface area contributed by atoms with Crippen LogP contribution in [0.15, 0.2) is 61.2 Å². The number of alkyl halides is 3. The van der Waals surface area contributed by atoms with Crippen LogP contribution in [0.1, 0.15) is 10.4 Å². The van der Waals surface area contributed by atoms with Crippen molar-refractivity contribution < 1.29 is 27.8 Å². The molecule has 0 aliphatic carbocycles. The lowest BCUT2D eigenvalue weighted by Crippen LogP contribution is -2.19. The summed E-state index contributed by atoms with van der Waals surface area (Å²) in [6.07, 6.45) is -0.127. The Morgan fingerprint density at radius 2 is 1.93 bits per heavy atom. The average molecular weight is 434 g/mol. The number of pyridine rings is 1. The van der Waals surface area contributed by atoms with Gasteiger partial charge in [0.1, 0.15) is 11.3 Å². The Bertz CT molecular complexity index is 1260. The van der Waals surface area contributed by atoms with Gasteiger partial charge in [0.2, 0.25) is 0 Å². The second kappa shape index (κ2) is 7.34. The van der Waals surface area contributed by atoms with Crippen molar-refractivity contribution in [2.75, 3.05) is 0 Å². The molecule has 0 fully saturated rings. The summed E-state index contributed by atoms with van der Waals surface area (Å²) in [6.45, 7) is 0. The molecule has 0 radical (unpaired) electrons. The first-order valence-corrected chi connectivity index (χ1v) is 8.81. The SMILES string of the molecule is O=C(O)c1cc(-c2cc(-n3ccnc3)c3ccc(Cl)cc3n2)ccc1OC(F)(F)F. The molecule has 0 spiro atoms. The zero-order chi connectivity index (χ0) is 21.5. The summed E-state index contributed by atoms with van der Waals surface area (Å²) < 4.78 is 43.3. The van der Waals surface area contributed by atoms with Gasteiger partial charge in [-0.25, -0.2) is 14.8 Å². The molecule has 2 aromatic heterocycles. The molecule has 4 aromatic rings. The zero-order valence-electron chi connectivity index (χ0n) is 14.9. The largest absolute Gasteiger partial charge is 0.573 e. The number of nitrogens with zero attached hydrogens (tertiary/aromatic N) is 3. The number of hydrogen-bond acceptors (Lipinski definition) is 4. The van der Waals surface area contributed by atoms with Crippen LogP contribution in [0.4, 0.5) is 13.2 Å². The number of aromatic nitrogens is 3. The topological polar surface area (TPSA) is 77.2 Å². The van der Waals surface area contributed by atoms with Crippen LogP contribution in [-0.2, 0) is 0 Å². The summed E-state index contributed by atoms with van der Waals surface area (Å²) in [4.78, 5) is 20.0. The molecular weight excluding hydrogens is 423 g/mol. The van der Waals surface area contributed by atoms with Gasteiger partial charge in [0.05, 0.1) is 23.2 Å². The molecule has 0 bridgehead atoms. The third-order valence-electron chi connectivity index (χ3n) is 4.26. The first kappa shape index (κ1) is 19.7. The highest BCUT2D eigenvalue weighted by atomic mass is 35.5. The Morgan fingerprint density at radius 1 is 1.13 bits per heavy atom.